The highest BCUT2D eigenvalue weighted by Crippen LogP contribution is 2.31. The number of alkyl halides is 3. The lowest BCUT2D eigenvalue weighted by Crippen LogP contribution is -2.36. The first-order valence-corrected chi connectivity index (χ1v) is 6.34. The van der Waals surface area contributed by atoms with Crippen molar-refractivity contribution in [1.82, 2.24) is 10.3 Å². The molecule has 112 valence electrons. The van der Waals surface area contributed by atoms with Gasteiger partial charge in [0, 0.05) is 25.6 Å². The van der Waals surface area contributed by atoms with Crippen LogP contribution >= 0.6 is 0 Å². The molecule has 1 atom stereocenters. The molecule has 5 nitrogen and oxygen atoms in total. The molecule has 1 N–H and O–H groups in total. The smallest absolute Gasteiger partial charge is 0.354 e. The topological polar surface area (TPSA) is 69.0 Å². The number of carbonyl (C=O) groups is 1. The number of amides is 1. The van der Waals surface area contributed by atoms with Crippen molar-refractivity contribution in [1.29, 1.82) is 5.26 Å². The van der Waals surface area contributed by atoms with Crippen molar-refractivity contribution in [2.45, 2.75) is 25.6 Å². The normalized spacial score (nSPS) is 19.7. The number of rotatable bonds is 1. The van der Waals surface area contributed by atoms with E-state index < -0.39 is 11.9 Å². The van der Waals surface area contributed by atoms with Gasteiger partial charge in [0.15, 0.2) is 0 Å². The predicted molar refractivity (Wildman–Crippen MR) is 68.4 cm³/mol. The van der Waals surface area contributed by atoms with Gasteiger partial charge in [0.05, 0.1) is 5.56 Å². The van der Waals surface area contributed by atoms with Gasteiger partial charge in [0.1, 0.15) is 17.6 Å². The molecule has 1 aromatic heterocycles. The molecule has 0 radical (unpaired) electrons. The Balaban J connectivity index is 2.45. The number of aromatic nitrogens is 1. The molecule has 21 heavy (non-hydrogen) atoms. The van der Waals surface area contributed by atoms with Crippen molar-refractivity contribution in [2.75, 3.05) is 18.0 Å². The van der Waals surface area contributed by atoms with Gasteiger partial charge in [-0.25, -0.2) is 4.98 Å². The maximum Gasteiger partial charge on any atom is 0.433 e. The second-order valence-electron chi connectivity index (χ2n) is 4.77. The van der Waals surface area contributed by atoms with Gasteiger partial charge in [-0.1, -0.05) is 0 Å². The summed E-state index contributed by atoms with van der Waals surface area (Å²) in [7, 11) is 0. The van der Waals surface area contributed by atoms with Crippen LogP contribution in [0.5, 0.6) is 0 Å². The summed E-state index contributed by atoms with van der Waals surface area (Å²) >= 11 is 0. The van der Waals surface area contributed by atoms with Crippen molar-refractivity contribution < 1.29 is 18.0 Å². The van der Waals surface area contributed by atoms with Crippen LogP contribution in [-0.2, 0) is 11.0 Å². The first-order chi connectivity index (χ1) is 9.82. The molecule has 1 aliphatic heterocycles. The first kappa shape index (κ1) is 15.1. The van der Waals surface area contributed by atoms with Crippen LogP contribution in [0.3, 0.4) is 0 Å². The van der Waals surface area contributed by atoms with Crippen LogP contribution in [0.25, 0.3) is 0 Å². The third kappa shape index (κ3) is 3.24. The fourth-order valence-corrected chi connectivity index (χ4v) is 2.21. The quantitative estimate of drug-likeness (QED) is 0.856. The molecule has 1 saturated heterocycles. The van der Waals surface area contributed by atoms with Gasteiger partial charge in [-0.3, -0.25) is 4.79 Å². The molecule has 2 rings (SSSR count). The number of nitrogens with one attached hydrogen (secondary N) is 1. The van der Waals surface area contributed by atoms with Gasteiger partial charge in [0.25, 0.3) is 0 Å². The Morgan fingerprint density at radius 1 is 1.48 bits per heavy atom. The van der Waals surface area contributed by atoms with Gasteiger partial charge < -0.3 is 10.2 Å². The maximum absolute atomic E-state index is 12.8. The minimum Gasteiger partial charge on any atom is -0.354 e. The average Bonchev–Trinajstić information content (AvgIpc) is 2.57. The fraction of sp³-hybridized carbons (Fsp3) is 0.462. The van der Waals surface area contributed by atoms with Crippen LogP contribution in [0.1, 0.15) is 24.6 Å². The van der Waals surface area contributed by atoms with E-state index in [1.54, 1.807) is 11.8 Å². The number of carbonyl (C=O) groups excluding carboxylic acids is 1. The number of hydrogen-bond donors (Lipinski definition) is 1. The molecule has 1 aliphatic rings. The lowest BCUT2D eigenvalue weighted by Gasteiger charge is -2.28. The molecular weight excluding hydrogens is 285 g/mol. The monoisotopic (exact) mass is 298 g/mol. The van der Waals surface area contributed by atoms with E-state index in [1.807, 2.05) is 6.07 Å². The number of nitrogens with zero attached hydrogens (tertiary/aromatic N) is 3. The van der Waals surface area contributed by atoms with E-state index >= 15 is 0 Å². The van der Waals surface area contributed by atoms with Gasteiger partial charge in [-0.2, -0.15) is 18.4 Å². The zero-order valence-corrected chi connectivity index (χ0v) is 11.2. The fourth-order valence-electron chi connectivity index (χ4n) is 2.21. The summed E-state index contributed by atoms with van der Waals surface area (Å²) in [6.07, 6.45) is -4.44. The molecule has 1 fully saturated rings. The van der Waals surface area contributed by atoms with E-state index in [-0.39, 0.29) is 29.8 Å². The lowest BCUT2D eigenvalue weighted by atomic mass is 10.1. The number of halogens is 3. The van der Waals surface area contributed by atoms with E-state index in [1.165, 1.54) is 0 Å². The summed E-state index contributed by atoms with van der Waals surface area (Å²) in [4.78, 5) is 16.6. The van der Waals surface area contributed by atoms with Crippen molar-refractivity contribution >= 4 is 11.7 Å². The van der Waals surface area contributed by atoms with Crippen LogP contribution in [0.4, 0.5) is 19.0 Å². The minimum atomic E-state index is -4.58. The molecule has 2 heterocycles. The Labute approximate surface area is 119 Å². The van der Waals surface area contributed by atoms with E-state index in [0.717, 1.165) is 12.1 Å². The van der Waals surface area contributed by atoms with E-state index in [2.05, 4.69) is 10.3 Å². The number of pyridine rings is 1. The molecular formula is C13H13F3N4O. The van der Waals surface area contributed by atoms with Crippen LogP contribution in [0.2, 0.25) is 0 Å². The summed E-state index contributed by atoms with van der Waals surface area (Å²) in [5.74, 6) is -0.202. The molecule has 0 aliphatic carbocycles. The third-order valence-electron chi connectivity index (χ3n) is 3.25. The first-order valence-electron chi connectivity index (χ1n) is 6.34. The molecule has 8 heteroatoms. The predicted octanol–water partition coefficient (Wildman–Crippen LogP) is 1.69. The number of anilines is 1. The van der Waals surface area contributed by atoms with Gasteiger partial charge >= 0.3 is 6.18 Å². The molecule has 0 spiro atoms. The van der Waals surface area contributed by atoms with Gasteiger partial charge in [0.2, 0.25) is 5.91 Å². The van der Waals surface area contributed by atoms with Crippen molar-refractivity contribution in [2.24, 2.45) is 0 Å². The molecule has 1 amide bonds. The van der Waals surface area contributed by atoms with Gasteiger partial charge in [-0.15, -0.1) is 0 Å². The van der Waals surface area contributed by atoms with Crippen LogP contribution < -0.4 is 10.2 Å². The van der Waals surface area contributed by atoms with Crippen LogP contribution in [-0.4, -0.2) is 30.0 Å². The SMILES string of the molecule is CC1CC(=O)NCCN1c1nc(C(F)(F)F)ccc1C#N. The highest BCUT2D eigenvalue weighted by molar-refractivity contribution is 5.77. The Bertz CT molecular complexity index is 594. The molecule has 0 aromatic carbocycles. The van der Waals surface area contributed by atoms with Crippen LogP contribution in [0.15, 0.2) is 12.1 Å². The standard InChI is InChI=1S/C13H13F3N4O/c1-8-6-11(21)18-4-5-20(8)12-9(7-17)2-3-10(19-12)13(14,15)16/h2-3,8H,4-6H2,1H3,(H,18,21). The number of hydrogen-bond acceptors (Lipinski definition) is 4. The second-order valence-corrected chi connectivity index (χ2v) is 4.77. The zero-order valence-electron chi connectivity index (χ0n) is 11.2. The van der Waals surface area contributed by atoms with Crippen molar-refractivity contribution in [3.63, 3.8) is 0 Å². The summed E-state index contributed by atoms with van der Waals surface area (Å²) in [5.41, 5.74) is -0.989. The summed E-state index contributed by atoms with van der Waals surface area (Å²) in [5, 5.41) is 11.7. The molecule has 1 aromatic rings. The van der Waals surface area contributed by atoms with Crippen molar-refractivity contribution in [3.8, 4) is 6.07 Å². The molecule has 0 bridgehead atoms. The van der Waals surface area contributed by atoms with Gasteiger partial charge in [-0.05, 0) is 19.1 Å². The average molecular weight is 298 g/mol. The Morgan fingerprint density at radius 3 is 2.81 bits per heavy atom. The second kappa shape index (κ2) is 5.60. The number of nitriles is 1. The maximum atomic E-state index is 12.8. The largest absolute Gasteiger partial charge is 0.433 e. The minimum absolute atomic E-state index is 0.0312. The summed E-state index contributed by atoms with van der Waals surface area (Å²) in [6, 6.07) is 3.40. The third-order valence-corrected chi connectivity index (χ3v) is 3.25. The highest BCUT2D eigenvalue weighted by Gasteiger charge is 2.34. The van der Waals surface area contributed by atoms with E-state index in [0.29, 0.717) is 13.1 Å². The molecule has 0 saturated carbocycles. The van der Waals surface area contributed by atoms with Crippen molar-refractivity contribution in [3.05, 3.63) is 23.4 Å². The highest BCUT2D eigenvalue weighted by atomic mass is 19.4. The summed E-state index contributed by atoms with van der Waals surface area (Å²) in [6.45, 7) is 2.32. The Morgan fingerprint density at radius 2 is 2.19 bits per heavy atom. The van der Waals surface area contributed by atoms with Crippen LogP contribution in [0, 0.1) is 11.3 Å². The lowest BCUT2D eigenvalue weighted by molar-refractivity contribution is -0.141. The Hall–Kier alpha value is -2.30. The zero-order chi connectivity index (χ0) is 15.6. The Kier molecular flexibility index (Phi) is 4.02. The van der Waals surface area contributed by atoms with E-state index in [4.69, 9.17) is 5.26 Å². The summed E-state index contributed by atoms with van der Waals surface area (Å²) < 4.78 is 38.3. The molecule has 1 unspecified atom stereocenters. The van der Waals surface area contributed by atoms with E-state index in [9.17, 15) is 18.0 Å².